The van der Waals surface area contributed by atoms with Crippen LogP contribution in [0.1, 0.15) is 62.0 Å². The minimum atomic E-state index is -0.0132. The van der Waals surface area contributed by atoms with Gasteiger partial charge in [-0.05, 0) is 38.3 Å². The van der Waals surface area contributed by atoms with Gasteiger partial charge in [0, 0.05) is 11.8 Å². The quantitative estimate of drug-likeness (QED) is 0.544. The normalized spacial score (nSPS) is 22.4. The molecule has 0 bridgehead atoms. The van der Waals surface area contributed by atoms with E-state index >= 15 is 0 Å². The van der Waals surface area contributed by atoms with E-state index in [4.69, 9.17) is 8.83 Å². The summed E-state index contributed by atoms with van der Waals surface area (Å²) in [6, 6.07) is 11.0. The highest BCUT2D eigenvalue weighted by Gasteiger charge is 2.53. The molecule has 1 fully saturated rings. The Hall–Kier alpha value is -2.16. The number of hydrogen-bond donors (Lipinski definition) is 0. The fourth-order valence-corrected chi connectivity index (χ4v) is 5.05. The molecule has 1 spiro atoms. The molecule has 1 aromatic carbocycles. The lowest BCUT2D eigenvalue weighted by atomic mass is 9.79. The number of rotatable bonds is 1. The van der Waals surface area contributed by atoms with Crippen LogP contribution in [0.3, 0.4) is 0 Å². The van der Waals surface area contributed by atoms with Crippen LogP contribution >= 0.6 is 0 Å². The third-order valence-corrected chi connectivity index (χ3v) is 6.07. The van der Waals surface area contributed by atoms with Crippen LogP contribution in [0.5, 0.6) is 0 Å². The molecule has 3 heterocycles. The SMILES string of the molecule is Cc1ccccc1N1C(C)c2c(oc3ccoc23)C12CCCCC2. The molecule has 1 aliphatic heterocycles. The Kier molecular flexibility index (Phi) is 2.91. The molecule has 1 atom stereocenters. The second-order valence-corrected chi connectivity index (χ2v) is 7.38. The minimum Gasteiger partial charge on any atom is -0.460 e. The zero-order chi connectivity index (χ0) is 16.3. The number of benzene rings is 1. The molecule has 124 valence electrons. The topological polar surface area (TPSA) is 29.5 Å². The van der Waals surface area contributed by atoms with E-state index in [1.54, 1.807) is 6.26 Å². The van der Waals surface area contributed by atoms with Crippen molar-refractivity contribution in [3.63, 3.8) is 0 Å². The summed E-state index contributed by atoms with van der Waals surface area (Å²) in [7, 11) is 0. The summed E-state index contributed by atoms with van der Waals surface area (Å²) < 4.78 is 12.2. The molecule has 3 aromatic rings. The molecular weight excluding hydrogens is 298 g/mol. The van der Waals surface area contributed by atoms with Gasteiger partial charge in [-0.25, -0.2) is 0 Å². The lowest BCUT2D eigenvalue weighted by molar-refractivity contribution is 0.248. The largest absolute Gasteiger partial charge is 0.460 e. The number of aryl methyl sites for hydroxylation is 1. The van der Waals surface area contributed by atoms with Gasteiger partial charge in [-0.3, -0.25) is 0 Å². The first-order chi connectivity index (χ1) is 11.7. The fraction of sp³-hybridized carbons (Fsp3) is 0.429. The van der Waals surface area contributed by atoms with Gasteiger partial charge in [-0.15, -0.1) is 0 Å². The zero-order valence-corrected chi connectivity index (χ0v) is 14.3. The summed E-state index contributed by atoms with van der Waals surface area (Å²) in [5.74, 6) is 1.16. The van der Waals surface area contributed by atoms with Crippen molar-refractivity contribution in [2.75, 3.05) is 4.90 Å². The Labute approximate surface area is 142 Å². The van der Waals surface area contributed by atoms with Crippen LogP contribution in [0, 0.1) is 6.92 Å². The third-order valence-electron chi connectivity index (χ3n) is 6.07. The van der Waals surface area contributed by atoms with Crippen LogP contribution in [-0.4, -0.2) is 0 Å². The van der Waals surface area contributed by atoms with Gasteiger partial charge in [0.2, 0.25) is 0 Å². The van der Waals surface area contributed by atoms with E-state index in [-0.39, 0.29) is 11.6 Å². The van der Waals surface area contributed by atoms with Crippen molar-refractivity contribution in [1.29, 1.82) is 0 Å². The van der Waals surface area contributed by atoms with Crippen molar-refractivity contribution in [2.24, 2.45) is 0 Å². The highest BCUT2D eigenvalue weighted by molar-refractivity contribution is 5.81. The standard InChI is InChI=1S/C21H23NO2/c1-14-8-4-5-9-16(14)22-15(2)18-19-17(10-13-23-19)24-20(18)21(22)11-6-3-7-12-21/h4-5,8-10,13,15H,3,6-7,11-12H2,1-2H3. The van der Waals surface area contributed by atoms with E-state index in [2.05, 4.69) is 43.0 Å². The van der Waals surface area contributed by atoms with Crippen molar-refractivity contribution in [1.82, 2.24) is 0 Å². The molecule has 0 radical (unpaired) electrons. The molecule has 5 rings (SSSR count). The lowest BCUT2D eigenvalue weighted by Crippen LogP contribution is -2.44. The van der Waals surface area contributed by atoms with Gasteiger partial charge in [-0.1, -0.05) is 37.5 Å². The molecule has 1 saturated carbocycles. The van der Waals surface area contributed by atoms with E-state index in [0.717, 1.165) is 29.8 Å². The summed E-state index contributed by atoms with van der Waals surface area (Å²) in [5.41, 5.74) is 5.76. The Morgan fingerprint density at radius 1 is 1.08 bits per heavy atom. The molecule has 2 aromatic heterocycles. The number of hydrogen-bond acceptors (Lipinski definition) is 3. The zero-order valence-electron chi connectivity index (χ0n) is 14.3. The molecule has 0 saturated heterocycles. The molecule has 0 amide bonds. The molecule has 3 nitrogen and oxygen atoms in total. The third kappa shape index (κ3) is 1.68. The van der Waals surface area contributed by atoms with Crippen LogP contribution in [0.15, 0.2) is 45.4 Å². The summed E-state index contributed by atoms with van der Waals surface area (Å²) in [6.07, 6.45) is 7.91. The second kappa shape index (κ2) is 4.92. The van der Waals surface area contributed by atoms with Crippen LogP contribution in [0.4, 0.5) is 5.69 Å². The average Bonchev–Trinajstić information content (AvgIpc) is 3.23. The Bertz CT molecular complexity index is 898. The second-order valence-electron chi connectivity index (χ2n) is 7.38. The molecule has 0 N–H and O–H groups in total. The van der Waals surface area contributed by atoms with Gasteiger partial charge in [0.05, 0.1) is 23.4 Å². The monoisotopic (exact) mass is 321 g/mol. The predicted molar refractivity (Wildman–Crippen MR) is 95.3 cm³/mol. The van der Waals surface area contributed by atoms with Gasteiger partial charge < -0.3 is 13.7 Å². The van der Waals surface area contributed by atoms with Crippen molar-refractivity contribution < 1.29 is 8.83 Å². The highest BCUT2D eigenvalue weighted by atomic mass is 16.4. The average molecular weight is 321 g/mol. The molecule has 2 aliphatic rings. The first-order valence-electron chi connectivity index (χ1n) is 9.08. The Morgan fingerprint density at radius 3 is 2.67 bits per heavy atom. The molecule has 1 aliphatic carbocycles. The summed E-state index contributed by atoms with van der Waals surface area (Å²) in [6.45, 7) is 4.51. The molecule has 3 heteroatoms. The van der Waals surface area contributed by atoms with Crippen LogP contribution in [-0.2, 0) is 5.54 Å². The number of nitrogens with zero attached hydrogens (tertiary/aromatic N) is 1. The maximum Gasteiger partial charge on any atom is 0.177 e. The molecule has 24 heavy (non-hydrogen) atoms. The predicted octanol–water partition coefficient (Wildman–Crippen LogP) is 6.07. The summed E-state index contributed by atoms with van der Waals surface area (Å²) in [5, 5.41) is 0. The molecule has 1 unspecified atom stereocenters. The number of para-hydroxylation sites is 1. The smallest absolute Gasteiger partial charge is 0.177 e. The van der Waals surface area contributed by atoms with E-state index in [1.807, 2.05) is 6.07 Å². The van der Waals surface area contributed by atoms with E-state index in [1.165, 1.54) is 36.1 Å². The van der Waals surface area contributed by atoms with Crippen molar-refractivity contribution in [3.05, 3.63) is 53.5 Å². The van der Waals surface area contributed by atoms with Gasteiger partial charge in [-0.2, -0.15) is 0 Å². The van der Waals surface area contributed by atoms with E-state index in [9.17, 15) is 0 Å². The van der Waals surface area contributed by atoms with Gasteiger partial charge >= 0.3 is 0 Å². The number of fused-ring (bicyclic) bond motifs is 4. The van der Waals surface area contributed by atoms with Crippen molar-refractivity contribution >= 4 is 16.9 Å². The van der Waals surface area contributed by atoms with Crippen LogP contribution in [0.2, 0.25) is 0 Å². The lowest BCUT2D eigenvalue weighted by Gasteiger charge is -2.44. The first-order valence-corrected chi connectivity index (χ1v) is 9.08. The Balaban J connectivity index is 1.77. The van der Waals surface area contributed by atoms with Crippen LogP contribution < -0.4 is 4.90 Å². The number of furan rings is 2. The maximum absolute atomic E-state index is 6.37. The first kappa shape index (κ1) is 14.2. The van der Waals surface area contributed by atoms with Crippen LogP contribution in [0.25, 0.3) is 11.2 Å². The maximum atomic E-state index is 6.37. The van der Waals surface area contributed by atoms with Crippen molar-refractivity contribution in [3.8, 4) is 0 Å². The van der Waals surface area contributed by atoms with E-state index in [0.29, 0.717) is 0 Å². The van der Waals surface area contributed by atoms with Gasteiger partial charge in [0.15, 0.2) is 11.2 Å². The summed E-state index contributed by atoms with van der Waals surface area (Å²) in [4.78, 5) is 2.62. The minimum absolute atomic E-state index is 0.0132. The molecular formula is C21H23NO2. The van der Waals surface area contributed by atoms with E-state index < -0.39 is 0 Å². The number of anilines is 1. The van der Waals surface area contributed by atoms with Crippen molar-refractivity contribution in [2.45, 2.75) is 57.5 Å². The summed E-state index contributed by atoms with van der Waals surface area (Å²) >= 11 is 0. The van der Waals surface area contributed by atoms with Gasteiger partial charge in [0.1, 0.15) is 5.76 Å². The highest BCUT2D eigenvalue weighted by Crippen LogP contribution is 2.58. The Morgan fingerprint density at radius 2 is 1.88 bits per heavy atom. The fourth-order valence-electron chi connectivity index (χ4n) is 5.05. The van der Waals surface area contributed by atoms with Gasteiger partial charge in [0.25, 0.3) is 0 Å².